The van der Waals surface area contributed by atoms with E-state index in [0.29, 0.717) is 0 Å². The Morgan fingerprint density at radius 1 is 0.571 bits per heavy atom. The summed E-state index contributed by atoms with van der Waals surface area (Å²) in [5, 5.41) is 11.9. The standard InChI is InChI=1S/C34H37N/c1-6-7-22-34(5,35-26-19-16-24(17-20-26)33(2,3)4)25-18-21-31-29-14-9-8-12-27(29)28-13-10-11-15-30(28)32(31)23-25/h8-21,23,35H,6-7,22H2,1-5H3. The van der Waals surface area contributed by atoms with Crippen molar-refractivity contribution in [1.82, 2.24) is 0 Å². The number of anilines is 1. The molecule has 0 spiro atoms. The highest BCUT2D eigenvalue weighted by Gasteiger charge is 2.27. The molecule has 5 aromatic rings. The first kappa shape index (κ1) is 23.4. The van der Waals surface area contributed by atoms with Gasteiger partial charge in [-0.2, -0.15) is 0 Å². The summed E-state index contributed by atoms with van der Waals surface area (Å²) in [5.74, 6) is 0. The van der Waals surface area contributed by atoms with Crippen LogP contribution in [-0.2, 0) is 11.0 Å². The summed E-state index contributed by atoms with van der Waals surface area (Å²) in [6, 6.07) is 33.8. The van der Waals surface area contributed by atoms with E-state index in [1.165, 1.54) is 62.0 Å². The van der Waals surface area contributed by atoms with E-state index in [-0.39, 0.29) is 11.0 Å². The minimum absolute atomic E-state index is 0.153. The number of fused-ring (bicyclic) bond motifs is 6. The van der Waals surface area contributed by atoms with Gasteiger partial charge in [-0.1, -0.05) is 113 Å². The lowest BCUT2D eigenvalue weighted by molar-refractivity contribution is 0.472. The van der Waals surface area contributed by atoms with Gasteiger partial charge in [0, 0.05) is 5.69 Å². The van der Waals surface area contributed by atoms with Crippen LogP contribution in [0, 0.1) is 0 Å². The fourth-order valence-electron chi connectivity index (χ4n) is 5.43. The van der Waals surface area contributed by atoms with Crippen molar-refractivity contribution in [2.75, 3.05) is 5.32 Å². The number of hydrogen-bond acceptors (Lipinski definition) is 1. The Hall–Kier alpha value is -3.32. The van der Waals surface area contributed by atoms with Crippen LogP contribution < -0.4 is 5.32 Å². The Morgan fingerprint density at radius 3 is 1.57 bits per heavy atom. The van der Waals surface area contributed by atoms with Crippen LogP contribution in [0.2, 0.25) is 0 Å². The van der Waals surface area contributed by atoms with E-state index in [9.17, 15) is 0 Å². The molecule has 35 heavy (non-hydrogen) atoms. The molecule has 0 radical (unpaired) electrons. The molecule has 1 nitrogen and oxygen atoms in total. The first-order chi connectivity index (χ1) is 16.8. The molecule has 0 saturated heterocycles. The normalized spacial score (nSPS) is 13.9. The molecular weight excluding hydrogens is 422 g/mol. The molecule has 0 aromatic heterocycles. The van der Waals surface area contributed by atoms with Crippen molar-refractivity contribution in [3.05, 3.63) is 102 Å². The molecule has 1 unspecified atom stereocenters. The average molecular weight is 460 g/mol. The minimum atomic E-state index is -0.153. The largest absolute Gasteiger partial charge is 0.376 e. The third-order valence-corrected chi connectivity index (χ3v) is 7.58. The summed E-state index contributed by atoms with van der Waals surface area (Å²) in [6.07, 6.45) is 3.45. The van der Waals surface area contributed by atoms with Gasteiger partial charge < -0.3 is 5.32 Å². The molecule has 1 heteroatoms. The molecule has 1 N–H and O–H groups in total. The van der Waals surface area contributed by atoms with Crippen molar-refractivity contribution >= 4 is 38.0 Å². The van der Waals surface area contributed by atoms with Gasteiger partial charge in [-0.15, -0.1) is 0 Å². The van der Waals surface area contributed by atoms with Gasteiger partial charge in [0.05, 0.1) is 5.54 Å². The molecule has 0 aliphatic heterocycles. The average Bonchev–Trinajstić information content (AvgIpc) is 2.87. The number of unbranched alkanes of at least 4 members (excludes halogenated alkanes) is 1. The number of hydrogen-bond donors (Lipinski definition) is 1. The van der Waals surface area contributed by atoms with Gasteiger partial charge >= 0.3 is 0 Å². The van der Waals surface area contributed by atoms with Gasteiger partial charge in [-0.05, 0) is 80.4 Å². The molecule has 0 bridgehead atoms. The van der Waals surface area contributed by atoms with Crippen LogP contribution in [0.25, 0.3) is 32.3 Å². The van der Waals surface area contributed by atoms with E-state index >= 15 is 0 Å². The lowest BCUT2D eigenvalue weighted by Gasteiger charge is -2.33. The first-order valence-corrected chi connectivity index (χ1v) is 13.0. The summed E-state index contributed by atoms with van der Waals surface area (Å²) >= 11 is 0. The third kappa shape index (κ3) is 4.41. The summed E-state index contributed by atoms with van der Waals surface area (Å²) in [5.41, 5.74) is 3.90. The zero-order valence-corrected chi connectivity index (χ0v) is 21.8. The van der Waals surface area contributed by atoms with Gasteiger partial charge in [-0.3, -0.25) is 0 Å². The van der Waals surface area contributed by atoms with E-state index in [0.717, 1.165) is 6.42 Å². The number of rotatable bonds is 6. The highest BCUT2D eigenvalue weighted by molar-refractivity contribution is 6.25. The molecule has 0 saturated carbocycles. The lowest BCUT2D eigenvalue weighted by atomic mass is 9.83. The second-order valence-corrected chi connectivity index (χ2v) is 11.2. The van der Waals surface area contributed by atoms with Gasteiger partial charge in [0.25, 0.3) is 0 Å². The Bertz CT molecular complexity index is 1450. The number of benzene rings is 5. The zero-order chi connectivity index (χ0) is 24.6. The maximum absolute atomic E-state index is 3.94. The van der Waals surface area contributed by atoms with E-state index in [4.69, 9.17) is 0 Å². The Morgan fingerprint density at radius 2 is 1.06 bits per heavy atom. The van der Waals surface area contributed by atoms with Crippen molar-refractivity contribution in [2.45, 2.75) is 64.8 Å². The maximum atomic E-state index is 3.94. The van der Waals surface area contributed by atoms with Gasteiger partial charge in [0.15, 0.2) is 0 Å². The molecule has 0 aliphatic rings. The molecule has 5 aromatic carbocycles. The van der Waals surface area contributed by atoms with Crippen LogP contribution in [0.15, 0.2) is 91.0 Å². The zero-order valence-electron chi connectivity index (χ0n) is 21.8. The predicted molar refractivity (Wildman–Crippen MR) is 155 cm³/mol. The van der Waals surface area contributed by atoms with Crippen molar-refractivity contribution in [3.63, 3.8) is 0 Å². The summed E-state index contributed by atoms with van der Waals surface area (Å²) < 4.78 is 0. The van der Waals surface area contributed by atoms with Crippen LogP contribution in [0.1, 0.15) is 65.0 Å². The summed E-state index contributed by atoms with van der Waals surface area (Å²) in [4.78, 5) is 0. The molecule has 0 aliphatic carbocycles. The van der Waals surface area contributed by atoms with Crippen LogP contribution in [0.5, 0.6) is 0 Å². The van der Waals surface area contributed by atoms with Gasteiger partial charge in [0.1, 0.15) is 0 Å². The predicted octanol–water partition coefficient (Wildman–Crippen LogP) is 9.96. The smallest absolute Gasteiger partial charge is 0.0597 e. The Balaban J connectivity index is 1.65. The van der Waals surface area contributed by atoms with Crippen LogP contribution >= 0.6 is 0 Å². The molecular formula is C34H37N. The second kappa shape index (κ2) is 9.04. The molecule has 1 atom stereocenters. The van der Waals surface area contributed by atoms with Crippen molar-refractivity contribution in [2.24, 2.45) is 0 Å². The molecule has 0 heterocycles. The van der Waals surface area contributed by atoms with E-state index in [2.05, 4.69) is 131 Å². The van der Waals surface area contributed by atoms with Crippen LogP contribution in [-0.4, -0.2) is 0 Å². The van der Waals surface area contributed by atoms with E-state index < -0.39 is 0 Å². The Kier molecular flexibility index (Phi) is 6.05. The molecule has 0 fully saturated rings. The molecule has 178 valence electrons. The van der Waals surface area contributed by atoms with Crippen LogP contribution in [0.4, 0.5) is 5.69 Å². The maximum Gasteiger partial charge on any atom is 0.0597 e. The summed E-state index contributed by atoms with van der Waals surface area (Å²) in [7, 11) is 0. The topological polar surface area (TPSA) is 12.0 Å². The quantitative estimate of drug-likeness (QED) is 0.249. The summed E-state index contributed by atoms with van der Waals surface area (Å²) in [6.45, 7) is 11.4. The first-order valence-electron chi connectivity index (χ1n) is 13.0. The number of nitrogens with one attached hydrogen (secondary N) is 1. The van der Waals surface area contributed by atoms with E-state index in [1.807, 2.05) is 0 Å². The molecule has 5 rings (SSSR count). The fraction of sp³-hybridized carbons (Fsp3) is 0.294. The lowest BCUT2D eigenvalue weighted by Crippen LogP contribution is -2.32. The minimum Gasteiger partial charge on any atom is -0.376 e. The molecule has 0 amide bonds. The van der Waals surface area contributed by atoms with Crippen molar-refractivity contribution in [3.8, 4) is 0 Å². The van der Waals surface area contributed by atoms with Crippen molar-refractivity contribution in [1.29, 1.82) is 0 Å². The monoisotopic (exact) mass is 459 g/mol. The highest BCUT2D eigenvalue weighted by Crippen LogP contribution is 2.39. The van der Waals surface area contributed by atoms with Crippen LogP contribution in [0.3, 0.4) is 0 Å². The third-order valence-electron chi connectivity index (χ3n) is 7.58. The Labute approximate surface area is 210 Å². The SMILES string of the molecule is CCCCC(C)(Nc1ccc(C(C)(C)C)cc1)c1ccc2c3ccccc3c3ccccc3c2c1. The highest BCUT2D eigenvalue weighted by atomic mass is 15.0. The van der Waals surface area contributed by atoms with Gasteiger partial charge in [-0.25, -0.2) is 0 Å². The fourth-order valence-corrected chi connectivity index (χ4v) is 5.43. The van der Waals surface area contributed by atoms with Crippen molar-refractivity contribution < 1.29 is 0 Å². The van der Waals surface area contributed by atoms with E-state index in [1.54, 1.807) is 0 Å². The second-order valence-electron chi connectivity index (χ2n) is 11.2. The van der Waals surface area contributed by atoms with Gasteiger partial charge in [0.2, 0.25) is 0 Å².